The van der Waals surface area contributed by atoms with Crippen LogP contribution in [0.15, 0.2) is 0 Å². The van der Waals surface area contributed by atoms with Crippen LogP contribution in [0, 0.1) is 11.8 Å². The molecule has 0 radical (unpaired) electrons. The van der Waals surface area contributed by atoms with E-state index < -0.39 is 0 Å². The predicted molar refractivity (Wildman–Crippen MR) is 73.4 cm³/mol. The Morgan fingerprint density at radius 1 is 1.22 bits per heavy atom. The van der Waals surface area contributed by atoms with Gasteiger partial charge in [-0.2, -0.15) is 0 Å². The Labute approximate surface area is 111 Å². The van der Waals surface area contributed by atoms with Crippen molar-refractivity contribution in [2.75, 3.05) is 40.3 Å². The molecule has 0 spiro atoms. The van der Waals surface area contributed by atoms with Crippen LogP contribution < -0.4 is 5.32 Å². The Morgan fingerprint density at radius 3 is 2.44 bits per heavy atom. The van der Waals surface area contributed by atoms with Crippen molar-refractivity contribution in [2.24, 2.45) is 11.8 Å². The van der Waals surface area contributed by atoms with Gasteiger partial charge in [0.25, 0.3) is 0 Å². The third kappa shape index (κ3) is 3.23. The van der Waals surface area contributed by atoms with Gasteiger partial charge in [0, 0.05) is 25.7 Å². The van der Waals surface area contributed by atoms with Gasteiger partial charge in [-0.05, 0) is 45.8 Å². The molecule has 0 aromatic carbocycles. The summed E-state index contributed by atoms with van der Waals surface area (Å²) >= 11 is 0. The zero-order valence-corrected chi connectivity index (χ0v) is 12.0. The van der Waals surface area contributed by atoms with Gasteiger partial charge in [-0.1, -0.05) is 6.92 Å². The van der Waals surface area contributed by atoms with E-state index in [-0.39, 0.29) is 5.92 Å². The normalized spacial score (nSPS) is 30.8. The summed E-state index contributed by atoms with van der Waals surface area (Å²) in [5.41, 5.74) is 0. The van der Waals surface area contributed by atoms with Crippen molar-refractivity contribution in [1.29, 1.82) is 0 Å². The molecular weight excluding hydrogens is 226 g/mol. The fraction of sp³-hybridized carbons (Fsp3) is 0.929. The molecular formula is C14H27N3O. The van der Waals surface area contributed by atoms with Gasteiger partial charge in [0.15, 0.2) is 0 Å². The van der Waals surface area contributed by atoms with E-state index in [1.165, 1.54) is 0 Å². The maximum Gasteiger partial charge on any atom is 0.226 e. The van der Waals surface area contributed by atoms with Crippen molar-refractivity contribution in [3.63, 3.8) is 0 Å². The van der Waals surface area contributed by atoms with Gasteiger partial charge in [0.2, 0.25) is 5.91 Å². The Morgan fingerprint density at radius 2 is 1.89 bits per heavy atom. The van der Waals surface area contributed by atoms with E-state index in [1.54, 1.807) is 0 Å². The molecule has 2 unspecified atom stereocenters. The maximum atomic E-state index is 12.4. The molecule has 4 heteroatoms. The molecule has 2 saturated heterocycles. The standard InChI is InChI=1S/C14H27N3O/c1-11-8-12(10-15-9-11)14(18)17-6-4-13(5-7-17)16(2)3/h11-13,15H,4-10H2,1-3H3. The van der Waals surface area contributed by atoms with Crippen molar-refractivity contribution >= 4 is 5.91 Å². The highest BCUT2D eigenvalue weighted by atomic mass is 16.2. The van der Waals surface area contributed by atoms with Gasteiger partial charge in [0.05, 0.1) is 5.92 Å². The summed E-state index contributed by atoms with van der Waals surface area (Å²) in [7, 11) is 4.27. The largest absolute Gasteiger partial charge is 0.342 e. The van der Waals surface area contributed by atoms with Gasteiger partial charge in [-0.15, -0.1) is 0 Å². The first kappa shape index (κ1) is 13.8. The number of piperidine rings is 2. The topological polar surface area (TPSA) is 35.6 Å². The lowest BCUT2D eigenvalue weighted by Crippen LogP contribution is -2.49. The van der Waals surface area contributed by atoms with Crippen molar-refractivity contribution in [1.82, 2.24) is 15.1 Å². The molecule has 0 aromatic heterocycles. The SMILES string of the molecule is CC1CNCC(C(=O)N2CCC(N(C)C)CC2)C1. The summed E-state index contributed by atoms with van der Waals surface area (Å²) in [6, 6.07) is 0.650. The third-order valence-electron chi connectivity index (χ3n) is 4.43. The van der Waals surface area contributed by atoms with Crippen LogP contribution >= 0.6 is 0 Å². The van der Waals surface area contributed by atoms with Gasteiger partial charge in [-0.25, -0.2) is 0 Å². The zero-order valence-electron chi connectivity index (χ0n) is 12.0. The minimum Gasteiger partial charge on any atom is -0.342 e. The van der Waals surface area contributed by atoms with E-state index in [2.05, 4.69) is 36.1 Å². The number of amides is 1. The highest BCUT2D eigenvalue weighted by Crippen LogP contribution is 2.21. The maximum absolute atomic E-state index is 12.4. The lowest BCUT2D eigenvalue weighted by Gasteiger charge is -2.38. The molecule has 0 saturated carbocycles. The molecule has 2 rings (SSSR count). The van der Waals surface area contributed by atoms with Gasteiger partial charge < -0.3 is 15.1 Å². The predicted octanol–water partition coefficient (Wildman–Crippen LogP) is 0.785. The molecule has 2 heterocycles. The number of nitrogens with one attached hydrogen (secondary N) is 1. The molecule has 2 atom stereocenters. The van der Waals surface area contributed by atoms with Crippen LogP contribution in [0.2, 0.25) is 0 Å². The average Bonchev–Trinajstić information content (AvgIpc) is 2.38. The molecule has 2 aliphatic rings. The van der Waals surface area contributed by atoms with E-state index in [0.29, 0.717) is 17.9 Å². The molecule has 1 N–H and O–H groups in total. The molecule has 1 amide bonds. The van der Waals surface area contributed by atoms with Crippen LogP contribution in [-0.2, 0) is 4.79 Å². The molecule has 0 aliphatic carbocycles. The number of rotatable bonds is 2. The number of likely N-dealkylation sites (tertiary alicyclic amines) is 1. The average molecular weight is 253 g/mol. The number of hydrogen-bond donors (Lipinski definition) is 1. The van der Waals surface area contributed by atoms with Crippen molar-refractivity contribution in [2.45, 2.75) is 32.2 Å². The second-order valence-corrected chi connectivity index (χ2v) is 6.22. The summed E-state index contributed by atoms with van der Waals surface area (Å²) in [6.07, 6.45) is 3.29. The quantitative estimate of drug-likeness (QED) is 0.790. The summed E-state index contributed by atoms with van der Waals surface area (Å²) < 4.78 is 0. The summed E-state index contributed by atoms with van der Waals surface area (Å²) in [4.78, 5) is 16.8. The van der Waals surface area contributed by atoms with Crippen LogP contribution in [-0.4, -0.2) is 62.0 Å². The minimum absolute atomic E-state index is 0.213. The minimum atomic E-state index is 0.213. The number of nitrogens with zero attached hydrogens (tertiary/aromatic N) is 2. The first-order valence-corrected chi connectivity index (χ1v) is 7.24. The second-order valence-electron chi connectivity index (χ2n) is 6.22. The van der Waals surface area contributed by atoms with E-state index in [0.717, 1.165) is 45.4 Å². The van der Waals surface area contributed by atoms with E-state index >= 15 is 0 Å². The lowest BCUT2D eigenvalue weighted by molar-refractivity contribution is -0.138. The second kappa shape index (κ2) is 6.02. The number of hydrogen-bond acceptors (Lipinski definition) is 3. The van der Waals surface area contributed by atoms with Crippen LogP contribution in [0.25, 0.3) is 0 Å². The van der Waals surface area contributed by atoms with Gasteiger partial charge in [0.1, 0.15) is 0 Å². The monoisotopic (exact) mass is 253 g/mol. The van der Waals surface area contributed by atoms with Crippen LogP contribution in [0.1, 0.15) is 26.2 Å². The van der Waals surface area contributed by atoms with Crippen molar-refractivity contribution in [3.8, 4) is 0 Å². The summed E-state index contributed by atoms with van der Waals surface area (Å²) in [6.45, 7) is 6.03. The number of carbonyl (C=O) groups is 1. The molecule has 2 aliphatic heterocycles. The fourth-order valence-corrected chi connectivity index (χ4v) is 3.21. The van der Waals surface area contributed by atoms with Gasteiger partial charge >= 0.3 is 0 Å². The molecule has 2 fully saturated rings. The number of carbonyl (C=O) groups excluding carboxylic acids is 1. The highest BCUT2D eigenvalue weighted by molar-refractivity contribution is 5.79. The first-order chi connectivity index (χ1) is 8.58. The Kier molecular flexibility index (Phi) is 4.62. The van der Waals surface area contributed by atoms with Crippen molar-refractivity contribution in [3.05, 3.63) is 0 Å². The molecule has 0 bridgehead atoms. The molecule has 18 heavy (non-hydrogen) atoms. The van der Waals surface area contributed by atoms with Crippen LogP contribution in [0.3, 0.4) is 0 Å². The highest BCUT2D eigenvalue weighted by Gasteiger charge is 2.31. The summed E-state index contributed by atoms with van der Waals surface area (Å²) in [5, 5.41) is 3.38. The van der Waals surface area contributed by atoms with Gasteiger partial charge in [-0.3, -0.25) is 4.79 Å². The lowest BCUT2D eigenvalue weighted by atomic mass is 9.90. The van der Waals surface area contributed by atoms with Crippen LogP contribution in [0.5, 0.6) is 0 Å². The zero-order chi connectivity index (χ0) is 13.1. The van der Waals surface area contributed by atoms with Crippen LogP contribution in [0.4, 0.5) is 0 Å². The third-order valence-corrected chi connectivity index (χ3v) is 4.43. The van der Waals surface area contributed by atoms with Crippen molar-refractivity contribution < 1.29 is 4.79 Å². The smallest absolute Gasteiger partial charge is 0.226 e. The van der Waals surface area contributed by atoms with E-state index in [1.807, 2.05) is 0 Å². The Hall–Kier alpha value is -0.610. The molecule has 104 valence electrons. The van der Waals surface area contributed by atoms with E-state index in [4.69, 9.17) is 0 Å². The fourth-order valence-electron chi connectivity index (χ4n) is 3.21. The molecule has 4 nitrogen and oxygen atoms in total. The Bertz CT molecular complexity index is 285. The molecule has 0 aromatic rings. The van der Waals surface area contributed by atoms with E-state index in [9.17, 15) is 4.79 Å². The first-order valence-electron chi connectivity index (χ1n) is 7.24. The Balaban J connectivity index is 1.83. The summed E-state index contributed by atoms with van der Waals surface area (Å²) in [5.74, 6) is 1.22.